The van der Waals surface area contributed by atoms with Crippen molar-refractivity contribution >= 4 is 17.8 Å². The molecule has 109 valence electrons. The van der Waals surface area contributed by atoms with Crippen molar-refractivity contribution in [2.75, 3.05) is 0 Å². The minimum Gasteiger partial charge on any atom is -0.390 e. The summed E-state index contributed by atoms with van der Waals surface area (Å²) in [4.78, 5) is 4.87. The highest BCUT2D eigenvalue weighted by Gasteiger charge is 2.32. The van der Waals surface area contributed by atoms with Crippen LogP contribution < -0.4 is 0 Å². The highest BCUT2D eigenvalue weighted by atomic mass is 35.5. The lowest BCUT2D eigenvalue weighted by molar-refractivity contribution is -0.138. The smallest absolute Gasteiger partial charge is 0.390 e. The monoisotopic (exact) mass is 312 g/mol. The average molecular weight is 313 g/mol. The maximum absolute atomic E-state index is 12.8. The fourth-order valence-corrected chi connectivity index (χ4v) is 1.84. The first-order valence-electron chi connectivity index (χ1n) is 5.96. The molecule has 0 amide bonds. The third-order valence-corrected chi connectivity index (χ3v) is 2.98. The number of alkyl halides is 3. The SMILES string of the molecule is FC(F)(F)c1ccccc1CO/N=[C]\c1ccccc1Cl. The number of hydrogen-bond acceptors (Lipinski definition) is 2. The van der Waals surface area contributed by atoms with Crippen molar-refractivity contribution in [2.45, 2.75) is 12.8 Å². The van der Waals surface area contributed by atoms with Crippen LogP contribution in [0.25, 0.3) is 0 Å². The van der Waals surface area contributed by atoms with E-state index in [0.717, 1.165) is 6.07 Å². The summed E-state index contributed by atoms with van der Waals surface area (Å²) in [6.45, 7) is -0.298. The summed E-state index contributed by atoms with van der Waals surface area (Å²) in [5, 5.41) is 3.95. The molecule has 0 aliphatic carbocycles. The summed E-state index contributed by atoms with van der Waals surface area (Å²) in [7, 11) is 0. The van der Waals surface area contributed by atoms with Crippen LogP contribution >= 0.6 is 11.6 Å². The van der Waals surface area contributed by atoms with Gasteiger partial charge >= 0.3 is 6.18 Å². The minimum atomic E-state index is -4.42. The zero-order valence-electron chi connectivity index (χ0n) is 10.7. The molecule has 0 fully saturated rings. The third kappa shape index (κ3) is 4.23. The Kier molecular flexibility index (Phi) is 4.85. The molecule has 0 aliphatic rings. The van der Waals surface area contributed by atoms with Crippen molar-refractivity contribution in [1.82, 2.24) is 0 Å². The molecule has 1 radical (unpaired) electrons. The highest BCUT2D eigenvalue weighted by molar-refractivity contribution is 6.33. The molecule has 6 heteroatoms. The predicted octanol–water partition coefficient (Wildman–Crippen LogP) is 4.79. The second-order valence-electron chi connectivity index (χ2n) is 4.11. The molecule has 0 spiro atoms. The molecule has 2 aromatic carbocycles. The summed E-state index contributed by atoms with van der Waals surface area (Å²) in [5.74, 6) is 0. The van der Waals surface area contributed by atoms with Gasteiger partial charge in [-0.15, -0.1) is 0 Å². The predicted molar refractivity (Wildman–Crippen MR) is 74.2 cm³/mol. The van der Waals surface area contributed by atoms with Gasteiger partial charge in [0, 0.05) is 11.1 Å². The third-order valence-electron chi connectivity index (χ3n) is 2.65. The van der Waals surface area contributed by atoms with E-state index >= 15 is 0 Å². The Morgan fingerprint density at radius 1 is 1.05 bits per heavy atom. The standard InChI is InChI=1S/C15H10ClF3NO/c16-14-8-4-2-5-11(14)9-20-21-10-12-6-1-3-7-13(12)15(17,18)19/h1-8H,10H2. The van der Waals surface area contributed by atoms with Gasteiger partial charge in [-0.25, -0.2) is 0 Å². The molecule has 0 N–H and O–H groups in total. The van der Waals surface area contributed by atoms with Crippen molar-refractivity contribution in [3.63, 3.8) is 0 Å². The summed E-state index contributed by atoms with van der Waals surface area (Å²) in [6, 6.07) is 12.0. The van der Waals surface area contributed by atoms with Crippen LogP contribution in [-0.2, 0) is 17.6 Å². The molecule has 21 heavy (non-hydrogen) atoms. The van der Waals surface area contributed by atoms with E-state index in [1.807, 2.05) is 0 Å². The largest absolute Gasteiger partial charge is 0.416 e. The average Bonchev–Trinajstić information content (AvgIpc) is 2.45. The molecule has 0 atom stereocenters. The summed E-state index contributed by atoms with van der Waals surface area (Å²) in [5.41, 5.74) is -0.226. The van der Waals surface area contributed by atoms with Crippen LogP contribution in [0.1, 0.15) is 16.7 Å². The van der Waals surface area contributed by atoms with Gasteiger partial charge in [-0.05, 0) is 12.1 Å². The van der Waals surface area contributed by atoms with Crippen LogP contribution in [-0.4, -0.2) is 6.21 Å². The number of rotatable bonds is 4. The van der Waals surface area contributed by atoms with Crippen molar-refractivity contribution in [3.05, 3.63) is 70.2 Å². The van der Waals surface area contributed by atoms with Crippen molar-refractivity contribution in [1.29, 1.82) is 0 Å². The fraction of sp³-hybridized carbons (Fsp3) is 0.133. The number of halogens is 4. The van der Waals surface area contributed by atoms with E-state index in [0.29, 0.717) is 10.6 Å². The van der Waals surface area contributed by atoms with Crippen molar-refractivity contribution in [2.24, 2.45) is 5.16 Å². The van der Waals surface area contributed by atoms with Gasteiger partial charge in [-0.3, -0.25) is 0 Å². The van der Waals surface area contributed by atoms with Crippen LogP contribution in [0.2, 0.25) is 5.02 Å². The second-order valence-corrected chi connectivity index (χ2v) is 4.52. The molecule has 0 aliphatic heterocycles. The molecule has 2 rings (SSSR count). The van der Waals surface area contributed by atoms with Gasteiger partial charge in [0.05, 0.1) is 10.6 Å². The summed E-state index contributed by atoms with van der Waals surface area (Å²) >= 11 is 5.88. The molecule has 2 aromatic rings. The number of benzene rings is 2. The lowest BCUT2D eigenvalue weighted by Gasteiger charge is -2.11. The Bertz CT molecular complexity index is 641. The number of nitrogens with zero attached hydrogens (tertiary/aromatic N) is 1. The lowest BCUT2D eigenvalue weighted by atomic mass is 10.1. The molecule has 0 unspecified atom stereocenters. The van der Waals surface area contributed by atoms with E-state index in [2.05, 4.69) is 11.4 Å². The molecule has 0 saturated heterocycles. The van der Waals surface area contributed by atoms with Gasteiger partial charge in [0.2, 0.25) is 0 Å². The Balaban J connectivity index is 2.03. The molecule has 2 nitrogen and oxygen atoms in total. The number of hydrogen-bond donors (Lipinski definition) is 0. The quantitative estimate of drug-likeness (QED) is 0.588. The Labute approximate surface area is 124 Å². The van der Waals surface area contributed by atoms with Gasteiger partial charge in [0.1, 0.15) is 12.8 Å². The molecule has 0 bridgehead atoms. The van der Waals surface area contributed by atoms with E-state index < -0.39 is 11.7 Å². The van der Waals surface area contributed by atoms with Gasteiger partial charge in [0.15, 0.2) is 0 Å². The van der Waals surface area contributed by atoms with Gasteiger partial charge in [-0.1, -0.05) is 53.2 Å². The molecule has 0 heterocycles. The van der Waals surface area contributed by atoms with E-state index in [4.69, 9.17) is 16.4 Å². The zero-order chi connectivity index (χ0) is 15.3. The van der Waals surface area contributed by atoms with Gasteiger partial charge in [0.25, 0.3) is 0 Å². The second kappa shape index (κ2) is 6.63. The van der Waals surface area contributed by atoms with Crippen LogP contribution in [0.15, 0.2) is 53.7 Å². The minimum absolute atomic E-state index is 0.00899. The normalized spacial score (nSPS) is 11.8. The van der Waals surface area contributed by atoms with Crippen molar-refractivity contribution < 1.29 is 18.0 Å². The Morgan fingerprint density at radius 2 is 1.71 bits per heavy atom. The van der Waals surface area contributed by atoms with E-state index in [-0.39, 0.29) is 12.2 Å². The highest BCUT2D eigenvalue weighted by Crippen LogP contribution is 2.32. The lowest BCUT2D eigenvalue weighted by Crippen LogP contribution is -2.09. The Morgan fingerprint density at radius 3 is 2.43 bits per heavy atom. The zero-order valence-corrected chi connectivity index (χ0v) is 11.4. The molecule has 0 aromatic heterocycles. The fourth-order valence-electron chi connectivity index (χ4n) is 1.66. The first-order valence-corrected chi connectivity index (χ1v) is 6.34. The van der Waals surface area contributed by atoms with Gasteiger partial charge in [-0.2, -0.15) is 13.2 Å². The molecule has 0 saturated carbocycles. The maximum Gasteiger partial charge on any atom is 0.416 e. The van der Waals surface area contributed by atoms with Crippen LogP contribution in [0.4, 0.5) is 13.2 Å². The van der Waals surface area contributed by atoms with Crippen molar-refractivity contribution in [3.8, 4) is 0 Å². The maximum atomic E-state index is 12.8. The first-order chi connectivity index (χ1) is 9.98. The summed E-state index contributed by atoms with van der Waals surface area (Å²) in [6.07, 6.45) is -1.89. The molecular formula is C15H10ClF3NO. The topological polar surface area (TPSA) is 21.6 Å². The molecular weight excluding hydrogens is 303 g/mol. The van der Waals surface area contributed by atoms with E-state index in [1.165, 1.54) is 18.2 Å². The van der Waals surface area contributed by atoms with Crippen LogP contribution in [0.3, 0.4) is 0 Å². The van der Waals surface area contributed by atoms with E-state index in [1.54, 1.807) is 24.3 Å². The van der Waals surface area contributed by atoms with Crippen LogP contribution in [0, 0.1) is 0 Å². The van der Waals surface area contributed by atoms with Gasteiger partial charge < -0.3 is 4.84 Å². The first kappa shape index (κ1) is 15.4. The summed E-state index contributed by atoms with van der Waals surface area (Å²) < 4.78 is 38.3. The van der Waals surface area contributed by atoms with E-state index in [9.17, 15) is 13.2 Å². The van der Waals surface area contributed by atoms with Crippen LogP contribution in [0.5, 0.6) is 0 Å². The Hall–Kier alpha value is -2.01.